The van der Waals surface area contributed by atoms with Crippen LogP contribution >= 0.6 is 0 Å². The Balaban J connectivity index is 1.75. The van der Waals surface area contributed by atoms with Gasteiger partial charge in [-0.25, -0.2) is 4.79 Å². The molecule has 3 atom stereocenters. The van der Waals surface area contributed by atoms with E-state index < -0.39 is 6.10 Å². The first-order chi connectivity index (χ1) is 14.4. The summed E-state index contributed by atoms with van der Waals surface area (Å²) >= 11 is 0. The third-order valence-corrected chi connectivity index (χ3v) is 6.07. The molecule has 0 aromatic heterocycles. The maximum absolute atomic E-state index is 12.6. The number of carbonyl (C=O) groups is 2. The maximum atomic E-state index is 12.6. The van der Waals surface area contributed by atoms with E-state index in [1.54, 1.807) is 0 Å². The number of hydrogen-bond acceptors (Lipinski definition) is 3. The van der Waals surface area contributed by atoms with Gasteiger partial charge in [-0.05, 0) is 49.8 Å². The highest BCUT2D eigenvalue weighted by molar-refractivity contribution is 5.90. The lowest BCUT2D eigenvalue weighted by Crippen LogP contribution is -2.43. The lowest BCUT2D eigenvalue weighted by molar-refractivity contribution is -0.120. The van der Waals surface area contributed by atoms with E-state index in [2.05, 4.69) is 28.1 Å². The summed E-state index contributed by atoms with van der Waals surface area (Å²) in [4.78, 5) is 24.1. The van der Waals surface area contributed by atoms with Gasteiger partial charge in [-0.1, -0.05) is 48.5 Å². The number of amides is 3. The van der Waals surface area contributed by atoms with Gasteiger partial charge >= 0.3 is 6.03 Å². The smallest absolute Gasteiger partial charge is 0.319 e. The Hall–Kier alpha value is -2.86. The molecular weight excluding hydrogens is 378 g/mol. The number of aliphatic hydroxyl groups is 1. The minimum atomic E-state index is -0.597. The van der Waals surface area contributed by atoms with Crippen molar-refractivity contribution >= 4 is 17.6 Å². The first kappa shape index (κ1) is 21.8. The number of para-hydroxylation sites is 1. The molecule has 0 bridgehead atoms. The fourth-order valence-electron chi connectivity index (χ4n) is 4.29. The summed E-state index contributed by atoms with van der Waals surface area (Å²) in [7, 11) is 0. The highest BCUT2D eigenvalue weighted by Gasteiger charge is 2.38. The molecule has 30 heavy (non-hydrogen) atoms. The zero-order valence-corrected chi connectivity index (χ0v) is 17.7. The summed E-state index contributed by atoms with van der Waals surface area (Å²) in [5.74, 6) is -0.137. The van der Waals surface area contributed by atoms with Gasteiger partial charge in [-0.2, -0.15) is 0 Å². The van der Waals surface area contributed by atoms with E-state index in [4.69, 9.17) is 0 Å². The largest absolute Gasteiger partial charge is 0.391 e. The molecule has 1 fully saturated rings. The quantitative estimate of drug-likeness (QED) is 0.570. The SMILES string of the molecule is CC(=O)N[C@H]1CC[C@](CNC(=O)Nc2ccccc2C)(c2ccccc2)CC[C@@H]1O. The molecule has 3 amide bonds. The first-order valence-corrected chi connectivity index (χ1v) is 10.5. The third-order valence-electron chi connectivity index (χ3n) is 6.07. The number of nitrogens with one attached hydrogen (secondary N) is 3. The molecule has 0 saturated heterocycles. The molecule has 0 unspecified atom stereocenters. The van der Waals surface area contributed by atoms with E-state index in [0.29, 0.717) is 19.4 Å². The molecule has 2 aromatic carbocycles. The van der Waals surface area contributed by atoms with Crippen LogP contribution in [-0.2, 0) is 10.2 Å². The molecule has 1 saturated carbocycles. The molecule has 1 aliphatic carbocycles. The third kappa shape index (κ3) is 5.39. The van der Waals surface area contributed by atoms with Crippen LogP contribution in [0.1, 0.15) is 43.7 Å². The van der Waals surface area contributed by atoms with Crippen molar-refractivity contribution in [1.82, 2.24) is 10.6 Å². The summed E-state index contributed by atoms with van der Waals surface area (Å²) in [6.45, 7) is 3.88. The van der Waals surface area contributed by atoms with Crippen molar-refractivity contribution in [2.75, 3.05) is 11.9 Å². The second-order valence-electron chi connectivity index (χ2n) is 8.22. The van der Waals surface area contributed by atoms with Crippen molar-refractivity contribution in [3.8, 4) is 0 Å². The van der Waals surface area contributed by atoms with Crippen LogP contribution in [-0.4, -0.2) is 35.7 Å². The Morgan fingerprint density at radius 3 is 2.40 bits per heavy atom. The van der Waals surface area contributed by atoms with E-state index in [1.807, 2.05) is 49.4 Å². The Bertz CT molecular complexity index is 871. The Kier molecular flexibility index (Phi) is 7.11. The molecule has 0 spiro atoms. The standard InChI is InChI=1S/C24H31N3O3/c1-17-8-6-7-11-20(17)27-23(30)25-16-24(19-9-4-3-5-10-19)14-12-21(26-18(2)28)22(29)13-15-24/h3-11,21-22,29H,12-16H2,1-2H3,(H,26,28)(H2,25,27,30)/t21-,22-,24-/m0/s1. The number of hydrogen-bond donors (Lipinski definition) is 4. The summed E-state index contributed by atoms with van der Waals surface area (Å²) in [5.41, 5.74) is 2.61. The Morgan fingerprint density at radius 1 is 1.03 bits per heavy atom. The number of anilines is 1. The van der Waals surface area contributed by atoms with Crippen molar-refractivity contribution in [1.29, 1.82) is 0 Å². The summed E-state index contributed by atoms with van der Waals surface area (Å²) in [6.07, 6.45) is 2.08. The highest BCUT2D eigenvalue weighted by Crippen LogP contribution is 2.38. The van der Waals surface area contributed by atoms with Gasteiger partial charge in [0.15, 0.2) is 0 Å². The molecule has 3 rings (SSSR count). The topological polar surface area (TPSA) is 90.5 Å². The van der Waals surface area contributed by atoms with E-state index in [-0.39, 0.29) is 23.4 Å². The fraction of sp³-hybridized carbons (Fsp3) is 0.417. The molecule has 6 nitrogen and oxygen atoms in total. The van der Waals surface area contributed by atoms with Crippen LogP contribution in [0.25, 0.3) is 0 Å². The zero-order chi connectivity index (χ0) is 21.6. The molecule has 4 N–H and O–H groups in total. The molecule has 0 heterocycles. The first-order valence-electron chi connectivity index (χ1n) is 10.5. The van der Waals surface area contributed by atoms with Gasteiger partial charge in [-0.3, -0.25) is 4.79 Å². The van der Waals surface area contributed by atoms with E-state index in [9.17, 15) is 14.7 Å². The number of aryl methyl sites for hydroxylation is 1. The zero-order valence-electron chi connectivity index (χ0n) is 17.7. The monoisotopic (exact) mass is 409 g/mol. The number of carbonyl (C=O) groups excluding carboxylic acids is 2. The van der Waals surface area contributed by atoms with Gasteiger partial charge in [0.25, 0.3) is 0 Å². The van der Waals surface area contributed by atoms with E-state index in [0.717, 1.165) is 29.7 Å². The minimum absolute atomic E-state index is 0.137. The normalized spacial score (nSPS) is 23.8. The van der Waals surface area contributed by atoms with Crippen molar-refractivity contribution in [3.63, 3.8) is 0 Å². The Morgan fingerprint density at radius 2 is 1.70 bits per heavy atom. The van der Waals surface area contributed by atoms with Crippen molar-refractivity contribution < 1.29 is 14.7 Å². The van der Waals surface area contributed by atoms with E-state index >= 15 is 0 Å². The number of aliphatic hydroxyl groups excluding tert-OH is 1. The molecule has 2 aromatic rings. The summed E-state index contributed by atoms with van der Waals surface area (Å²) in [6, 6.07) is 17.3. The van der Waals surface area contributed by atoms with Crippen LogP contribution < -0.4 is 16.0 Å². The lowest BCUT2D eigenvalue weighted by atomic mass is 9.74. The minimum Gasteiger partial charge on any atom is -0.391 e. The molecular formula is C24H31N3O3. The van der Waals surface area contributed by atoms with Gasteiger partial charge in [0.1, 0.15) is 0 Å². The predicted molar refractivity (Wildman–Crippen MR) is 118 cm³/mol. The maximum Gasteiger partial charge on any atom is 0.319 e. The number of urea groups is 1. The van der Waals surface area contributed by atoms with Gasteiger partial charge in [0.2, 0.25) is 5.91 Å². The second-order valence-corrected chi connectivity index (χ2v) is 8.22. The number of benzene rings is 2. The second kappa shape index (κ2) is 9.76. The Labute approximate surface area is 178 Å². The van der Waals surface area contributed by atoms with Crippen molar-refractivity contribution in [2.45, 2.75) is 57.1 Å². The van der Waals surface area contributed by atoms with Gasteiger partial charge in [0.05, 0.1) is 12.1 Å². The fourth-order valence-corrected chi connectivity index (χ4v) is 4.29. The molecule has 0 radical (unpaired) electrons. The lowest BCUT2D eigenvalue weighted by Gasteiger charge is -2.34. The van der Waals surface area contributed by atoms with Gasteiger partial charge in [0, 0.05) is 24.6 Å². The van der Waals surface area contributed by atoms with Gasteiger partial charge < -0.3 is 21.1 Å². The van der Waals surface area contributed by atoms with Crippen LogP contribution in [0.5, 0.6) is 0 Å². The van der Waals surface area contributed by atoms with Crippen LogP contribution in [0.4, 0.5) is 10.5 Å². The van der Waals surface area contributed by atoms with Crippen LogP contribution in [0.2, 0.25) is 0 Å². The van der Waals surface area contributed by atoms with Crippen molar-refractivity contribution in [3.05, 3.63) is 65.7 Å². The summed E-state index contributed by atoms with van der Waals surface area (Å²) in [5, 5.41) is 19.4. The van der Waals surface area contributed by atoms with Crippen LogP contribution in [0, 0.1) is 6.92 Å². The summed E-state index contributed by atoms with van der Waals surface area (Å²) < 4.78 is 0. The molecule has 1 aliphatic rings. The average Bonchev–Trinajstić information content (AvgIpc) is 2.89. The molecule has 0 aliphatic heterocycles. The highest BCUT2D eigenvalue weighted by atomic mass is 16.3. The predicted octanol–water partition coefficient (Wildman–Crippen LogP) is 3.49. The van der Waals surface area contributed by atoms with Crippen molar-refractivity contribution in [2.24, 2.45) is 0 Å². The van der Waals surface area contributed by atoms with E-state index in [1.165, 1.54) is 6.92 Å². The average molecular weight is 410 g/mol. The number of rotatable bonds is 5. The van der Waals surface area contributed by atoms with Crippen LogP contribution in [0.3, 0.4) is 0 Å². The van der Waals surface area contributed by atoms with Crippen LogP contribution in [0.15, 0.2) is 54.6 Å². The molecule has 6 heteroatoms. The van der Waals surface area contributed by atoms with Gasteiger partial charge in [-0.15, -0.1) is 0 Å². The molecule has 160 valence electrons.